The molecular formula is C19H16ClFN4O. The first-order valence-electron chi connectivity index (χ1n) is 7.99. The molecule has 0 saturated carbocycles. The van der Waals surface area contributed by atoms with Crippen LogP contribution in [0.2, 0.25) is 5.02 Å². The molecule has 0 radical (unpaired) electrons. The molecule has 0 aliphatic rings. The van der Waals surface area contributed by atoms with Crippen LogP contribution >= 0.6 is 11.6 Å². The van der Waals surface area contributed by atoms with E-state index in [0.717, 1.165) is 6.42 Å². The van der Waals surface area contributed by atoms with Crippen molar-refractivity contribution in [1.29, 1.82) is 0 Å². The van der Waals surface area contributed by atoms with Gasteiger partial charge in [0.2, 0.25) is 0 Å². The van der Waals surface area contributed by atoms with Crippen LogP contribution in [0.1, 0.15) is 23.0 Å². The maximum Gasteiger partial charge on any atom is 0.275 e. The van der Waals surface area contributed by atoms with Crippen molar-refractivity contribution in [3.8, 4) is 0 Å². The summed E-state index contributed by atoms with van der Waals surface area (Å²) in [6.45, 7) is 2.07. The Bertz CT molecular complexity index is 914. The molecule has 26 heavy (non-hydrogen) atoms. The number of anilines is 3. The third-order valence-electron chi connectivity index (χ3n) is 3.70. The highest BCUT2D eigenvalue weighted by molar-refractivity contribution is 6.31. The Labute approximate surface area is 155 Å². The zero-order valence-corrected chi connectivity index (χ0v) is 14.7. The van der Waals surface area contributed by atoms with Gasteiger partial charge >= 0.3 is 0 Å². The smallest absolute Gasteiger partial charge is 0.275 e. The first-order chi connectivity index (χ1) is 12.5. The van der Waals surface area contributed by atoms with E-state index in [1.54, 1.807) is 0 Å². The number of halogens is 2. The lowest BCUT2D eigenvalue weighted by Gasteiger charge is -2.08. The average Bonchev–Trinajstić information content (AvgIpc) is 2.66. The Morgan fingerprint density at radius 3 is 2.42 bits per heavy atom. The van der Waals surface area contributed by atoms with Crippen molar-refractivity contribution < 1.29 is 9.18 Å². The lowest BCUT2D eigenvalue weighted by atomic mass is 10.1. The summed E-state index contributed by atoms with van der Waals surface area (Å²) in [5.74, 6) is -0.433. The Kier molecular flexibility index (Phi) is 5.43. The highest BCUT2D eigenvalue weighted by atomic mass is 35.5. The van der Waals surface area contributed by atoms with Crippen molar-refractivity contribution in [2.45, 2.75) is 13.3 Å². The second-order valence-electron chi connectivity index (χ2n) is 5.55. The standard InChI is InChI=1S/C19H16ClFN4O/c1-2-12-3-5-13(6-4-12)25-19(26)17-10-23-18(11-22-17)24-14-7-8-16(21)15(20)9-14/h3-11H,2H2,1H3,(H,23,24)(H,25,26). The summed E-state index contributed by atoms with van der Waals surface area (Å²) in [7, 11) is 0. The minimum atomic E-state index is -0.498. The van der Waals surface area contributed by atoms with Gasteiger partial charge in [-0.1, -0.05) is 30.7 Å². The molecule has 2 aromatic carbocycles. The van der Waals surface area contributed by atoms with Crippen LogP contribution in [0.3, 0.4) is 0 Å². The highest BCUT2D eigenvalue weighted by Crippen LogP contribution is 2.21. The molecule has 2 N–H and O–H groups in total. The number of nitrogens with zero attached hydrogens (tertiary/aromatic N) is 2. The predicted octanol–water partition coefficient (Wildman–Crippen LogP) is 4.83. The Morgan fingerprint density at radius 2 is 1.81 bits per heavy atom. The van der Waals surface area contributed by atoms with E-state index < -0.39 is 5.82 Å². The number of hydrogen-bond donors (Lipinski definition) is 2. The molecule has 1 amide bonds. The van der Waals surface area contributed by atoms with Crippen molar-refractivity contribution in [2.75, 3.05) is 10.6 Å². The van der Waals surface area contributed by atoms with Crippen LogP contribution in [-0.2, 0) is 6.42 Å². The maximum absolute atomic E-state index is 13.2. The Balaban J connectivity index is 1.66. The summed E-state index contributed by atoms with van der Waals surface area (Å²) in [6, 6.07) is 11.8. The molecule has 0 fully saturated rings. The number of aryl methyl sites for hydroxylation is 1. The monoisotopic (exact) mass is 370 g/mol. The third-order valence-corrected chi connectivity index (χ3v) is 3.99. The molecule has 0 unspecified atom stereocenters. The van der Waals surface area contributed by atoms with Gasteiger partial charge in [-0.2, -0.15) is 0 Å². The molecule has 0 saturated heterocycles. The van der Waals surface area contributed by atoms with Crippen LogP contribution in [0.4, 0.5) is 21.6 Å². The normalized spacial score (nSPS) is 10.4. The predicted molar refractivity (Wildman–Crippen MR) is 100 cm³/mol. The van der Waals surface area contributed by atoms with Gasteiger partial charge in [0, 0.05) is 11.4 Å². The molecular weight excluding hydrogens is 355 g/mol. The number of hydrogen-bond acceptors (Lipinski definition) is 4. The van der Waals surface area contributed by atoms with Crippen LogP contribution in [0, 0.1) is 5.82 Å². The van der Waals surface area contributed by atoms with Gasteiger partial charge in [-0.3, -0.25) is 4.79 Å². The van der Waals surface area contributed by atoms with E-state index in [1.165, 1.54) is 36.2 Å². The quantitative estimate of drug-likeness (QED) is 0.675. The topological polar surface area (TPSA) is 66.9 Å². The first kappa shape index (κ1) is 17.8. The fraction of sp³-hybridized carbons (Fsp3) is 0.105. The van der Waals surface area contributed by atoms with Crippen molar-refractivity contribution >= 4 is 34.7 Å². The van der Waals surface area contributed by atoms with E-state index in [9.17, 15) is 9.18 Å². The second-order valence-corrected chi connectivity index (χ2v) is 5.95. The number of aromatic nitrogens is 2. The molecule has 132 valence electrons. The molecule has 0 bridgehead atoms. The SMILES string of the molecule is CCc1ccc(NC(=O)c2cnc(Nc3ccc(F)c(Cl)c3)cn2)cc1. The van der Waals surface area contributed by atoms with E-state index in [2.05, 4.69) is 27.5 Å². The molecule has 7 heteroatoms. The Hall–Kier alpha value is -2.99. The number of amides is 1. The van der Waals surface area contributed by atoms with Crippen LogP contribution in [0.15, 0.2) is 54.9 Å². The van der Waals surface area contributed by atoms with Crippen LogP contribution in [0.25, 0.3) is 0 Å². The zero-order chi connectivity index (χ0) is 18.5. The van der Waals surface area contributed by atoms with Gasteiger partial charge < -0.3 is 10.6 Å². The van der Waals surface area contributed by atoms with E-state index in [4.69, 9.17) is 11.6 Å². The molecule has 1 aromatic heterocycles. The van der Waals surface area contributed by atoms with E-state index in [0.29, 0.717) is 17.2 Å². The average molecular weight is 371 g/mol. The Morgan fingerprint density at radius 1 is 1.08 bits per heavy atom. The summed E-state index contributed by atoms with van der Waals surface area (Å²) in [6.07, 6.45) is 3.73. The van der Waals surface area contributed by atoms with Gasteiger partial charge in [-0.15, -0.1) is 0 Å². The van der Waals surface area contributed by atoms with Gasteiger partial charge in [0.05, 0.1) is 17.4 Å². The van der Waals surface area contributed by atoms with Crippen molar-refractivity contribution in [2.24, 2.45) is 0 Å². The molecule has 0 spiro atoms. The fourth-order valence-corrected chi connectivity index (χ4v) is 2.43. The second kappa shape index (κ2) is 7.93. The molecule has 0 aliphatic carbocycles. The van der Waals surface area contributed by atoms with Gasteiger partial charge in [-0.05, 0) is 42.3 Å². The fourth-order valence-electron chi connectivity index (χ4n) is 2.25. The summed E-state index contributed by atoms with van der Waals surface area (Å²) >= 11 is 5.74. The molecule has 1 heterocycles. The van der Waals surface area contributed by atoms with Crippen LogP contribution in [-0.4, -0.2) is 15.9 Å². The lowest BCUT2D eigenvalue weighted by molar-refractivity contribution is 0.102. The van der Waals surface area contributed by atoms with Gasteiger partial charge in [0.25, 0.3) is 5.91 Å². The van der Waals surface area contributed by atoms with Crippen molar-refractivity contribution in [1.82, 2.24) is 9.97 Å². The summed E-state index contributed by atoms with van der Waals surface area (Å²) in [5.41, 5.74) is 2.64. The van der Waals surface area contributed by atoms with E-state index >= 15 is 0 Å². The van der Waals surface area contributed by atoms with Gasteiger partial charge in [0.15, 0.2) is 0 Å². The number of rotatable bonds is 5. The molecule has 5 nitrogen and oxygen atoms in total. The molecule has 3 aromatic rings. The van der Waals surface area contributed by atoms with Crippen molar-refractivity contribution in [3.05, 3.63) is 77.0 Å². The van der Waals surface area contributed by atoms with Crippen molar-refractivity contribution in [3.63, 3.8) is 0 Å². The molecule has 3 rings (SSSR count). The summed E-state index contributed by atoms with van der Waals surface area (Å²) < 4.78 is 13.2. The van der Waals surface area contributed by atoms with Gasteiger partial charge in [-0.25, -0.2) is 14.4 Å². The largest absolute Gasteiger partial charge is 0.339 e. The number of carbonyl (C=O) groups excluding carboxylic acids is 1. The minimum Gasteiger partial charge on any atom is -0.339 e. The zero-order valence-electron chi connectivity index (χ0n) is 14.0. The number of carbonyl (C=O) groups is 1. The number of benzene rings is 2. The first-order valence-corrected chi connectivity index (χ1v) is 8.37. The molecule has 0 atom stereocenters. The molecule has 0 aliphatic heterocycles. The lowest BCUT2D eigenvalue weighted by Crippen LogP contribution is -2.14. The van der Waals surface area contributed by atoms with Crippen LogP contribution < -0.4 is 10.6 Å². The van der Waals surface area contributed by atoms with E-state index in [-0.39, 0.29) is 16.6 Å². The summed E-state index contributed by atoms with van der Waals surface area (Å²) in [4.78, 5) is 20.5. The summed E-state index contributed by atoms with van der Waals surface area (Å²) in [5, 5.41) is 5.72. The minimum absolute atomic E-state index is 0.00745. The van der Waals surface area contributed by atoms with Gasteiger partial charge in [0.1, 0.15) is 17.3 Å². The highest BCUT2D eigenvalue weighted by Gasteiger charge is 2.09. The van der Waals surface area contributed by atoms with E-state index in [1.807, 2.05) is 24.3 Å². The third kappa shape index (κ3) is 4.34. The van der Waals surface area contributed by atoms with Crippen LogP contribution in [0.5, 0.6) is 0 Å². The number of nitrogens with one attached hydrogen (secondary N) is 2. The maximum atomic E-state index is 13.2.